The summed E-state index contributed by atoms with van der Waals surface area (Å²) >= 11 is 13.2. The molecule has 0 aliphatic carbocycles. The quantitative estimate of drug-likeness (QED) is 0.620. The molecule has 0 saturated carbocycles. The van der Waals surface area contributed by atoms with Gasteiger partial charge in [-0.1, -0.05) is 61.7 Å². The number of halogens is 3. The van der Waals surface area contributed by atoms with Gasteiger partial charge in [0.1, 0.15) is 5.75 Å². The Labute approximate surface area is 128 Å². The van der Waals surface area contributed by atoms with E-state index in [1.807, 2.05) is 42.5 Å². The first-order valence-electron chi connectivity index (χ1n) is 5.35. The smallest absolute Gasteiger partial charge is 0.118 e. The predicted molar refractivity (Wildman–Crippen MR) is 82.9 cm³/mol. The number of rotatable bonds is 3. The highest BCUT2D eigenvalue weighted by Gasteiger charge is 2.13. The first-order valence-corrected chi connectivity index (χ1v) is 7.43. The van der Waals surface area contributed by atoms with Crippen molar-refractivity contribution < 1.29 is 4.74 Å². The third-order valence-corrected chi connectivity index (χ3v) is 4.59. The molecule has 0 N–H and O–H groups in total. The molecule has 4 heteroatoms. The SMILES string of the molecule is COc1ccc(C(Br)c2ccc(Cl)cc2Br)cc1. The second-order valence-corrected chi connectivity index (χ2v) is 6.01. The van der Waals surface area contributed by atoms with Crippen LogP contribution in [-0.2, 0) is 0 Å². The van der Waals surface area contributed by atoms with Crippen molar-refractivity contribution in [3.8, 4) is 5.75 Å². The Morgan fingerprint density at radius 3 is 2.33 bits per heavy atom. The molecule has 18 heavy (non-hydrogen) atoms. The van der Waals surface area contributed by atoms with Gasteiger partial charge in [0.25, 0.3) is 0 Å². The van der Waals surface area contributed by atoms with Gasteiger partial charge in [0, 0.05) is 9.50 Å². The van der Waals surface area contributed by atoms with Crippen molar-refractivity contribution in [1.29, 1.82) is 0 Å². The van der Waals surface area contributed by atoms with E-state index in [0.717, 1.165) is 20.8 Å². The van der Waals surface area contributed by atoms with Crippen molar-refractivity contribution in [2.45, 2.75) is 4.83 Å². The molecule has 1 atom stereocenters. The van der Waals surface area contributed by atoms with Gasteiger partial charge in [-0.25, -0.2) is 0 Å². The van der Waals surface area contributed by atoms with Crippen molar-refractivity contribution in [1.82, 2.24) is 0 Å². The van der Waals surface area contributed by atoms with E-state index in [-0.39, 0.29) is 4.83 Å². The van der Waals surface area contributed by atoms with Crippen LogP contribution in [0.3, 0.4) is 0 Å². The number of ether oxygens (including phenoxy) is 1. The molecule has 0 aliphatic rings. The lowest BCUT2D eigenvalue weighted by atomic mass is 10.0. The molecule has 1 unspecified atom stereocenters. The number of alkyl halides is 1. The average molecular weight is 391 g/mol. The zero-order chi connectivity index (χ0) is 13.1. The summed E-state index contributed by atoms with van der Waals surface area (Å²) in [6.07, 6.45) is 0. The van der Waals surface area contributed by atoms with Crippen molar-refractivity contribution in [3.05, 3.63) is 63.1 Å². The lowest BCUT2D eigenvalue weighted by Gasteiger charge is -2.13. The van der Waals surface area contributed by atoms with Gasteiger partial charge in [-0.15, -0.1) is 0 Å². The molecule has 0 radical (unpaired) electrons. The van der Waals surface area contributed by atoms with E-state index in [0.29, 0.717) is 0 Å². The van der Waals surface area contributed by atoms with Crippen molar-refractivity contribution in [2.24, 2.45) is 0 Å². The highest BCUT2D eigenvalue weighted by molar-refractivity contribution is 9.11. The van der Waals surface area contributed by atoms with Crippen LogP contribution in [0.25, 0.3) is 0 Å². The third kappa shape index (κ3) is 3.08. The monoisotopic (exact) mass is 388 g/mol. The molecule has 0 spiro atoms. The molecule has 2 aromatic rings. The van der Waals surface area contributed by atoms with Gasteiger partial charge < -0.3 is 4.74 Å². The summed E-state index contributed by atoms with van der Waals surface area (Å²) in [4.78, 5) is 0.120. The largest absolute Gasteiger partial charge is 0.497 e. The van der Waals surface area contributed by atoms with Crippen LogP contribution < -0.4 is 4.74 Å². The maximum atomic E-state index is 5.95. The van der Waals surface area contributed by atoms with Crippen molar-refractivity contribution in [3.63, 3.8) is 0 Å². The van der Waals surface area contributed by atoms with Crippen molar-refractivity contribution >= 4 is 43.5 Å². The average Bonchev–Trinajstić information content (AvgIpc) is 2.38. The fraction of sp³-hybridized carbons (Fsp3) is 0.143. The Morgan fingerprint density at radius 1 is 1.11 bits per heavy atom. The van der Waals surface area contributed by atoms with Gasteiger partial charge in [-0.05, 0) is 35.4 Å². The van der Waals surface area contributed by atoms with Crippen LogP contribution in [0.2, 0.25) is 5.02 Å². The van der Waals surface area contributed by atoms with Gasteiger partial charge in [-0.2, -0.15) is 0 Å². The first-order chi connectivity index (χ1) is 8.61. The zero-order valence-corrected chi connectivity index (χ0v) is 13.6. The van der Waals surface area contributed by atoms with E-state index in [1.165, 1.54) is 5.56 Å². The van der Waals surface area contributed by atoms with Gasteiger partial charge in [0.2, 0.25) is 0 Å². The Morgan fingerprint density at radius 2 is 1.78 bits per heavy atom. The van der Waals surface area contributed by atoms with Gasteiger partial charge >= 0.3 is 0 Å². The third-order valence-electron chi connectivity index (χ3n) is 2.64. The van der Waals surface area contributed by atoms with E-state index in [2.05, 4.69) is 31.9 Å². The first kappa shape index (κ1) is 13.9. The fourth-order valence-electron chi connectivity index (χ4n) is 1.66. The maximum Gasteiger partial charge on any atom is 0.118 e. The summed E-state index contributed by atoms with van der Waals surface area (Å²) in [5.41, 5.74) is 2.31. The molecule has 0 fully saturated rings. The molecule has 2 aromatic carbocycles. The number of methoxy groups -OCH3 is 1. The van der Waals surface area contributed by atoms with Crippen LogP contribution in [0.5, 0.6) is 5.75 Å². The highest BCUT2D eigenvalue weighted by Crippen LogP contribution is 2.36. The standard InChI is InChI=1S/C14H11Br2ClO/c1-18-11-5-2-9(3-6-11)14(16)12-7-4-10(17)8-13(12)15/h2-8,14H,1H3. The van der Waals surface area contributed by atoms with Crippen molar-refractivity contribution in [2.75, 3.05) is 7.11 Å². The van der Waals surface area contributed by atoms with E-state index in [1.54, 1.807) is 7.11 Å². The summed E-state index contributed by atoms with van der Waals surface area (Å²) in [7, 11) is 1.66. The van der Waals surface area contributed by atoms with Crippen LogP contribution in [0.4, 0.5) is 0 Å². The number of benzene rings is 2. The molecule has 0 bridgehead atoms. The summed E-state index contributed by atoms with van der Waals surface area (Å²) in [6.45, 7) is 0. The number of hydrogen-bond donors (Lipinski definition) is 0. The topological polar surface area (TPSA) is 9.23 Å². The summed E-state index contributed by atoms with van der Waals surface area (Å²) in [5, 5.41) is 0.722. The molecule has 1 nitrogen and oxygen atoms in total. The van der Waals surface area contributed by atoms with Crippen LogP contribution in [-0.4, -0.2) is 7.11 Å². The molecular formula is C14H11Br2ClO. The zero-order valence-electron chi connectivity index (χ0n) is 9.66. The Balaban J connectivity index is 2.31. The van der Waals surface area contributed by atoms with Crippen LogP contribution in [0.15, 0.2) is 46.9 Å². The molecule has 94 valence electrons. The molecule has 2 rings (SSSR count). The van der Waals surface area contributed by atoms with Gasteiger partial charge in [0.15, 0.2) is 0 Å². The summed E-state index contributed by atoms with van der Waals surface area (Å²) < 4.78 is 6.15. The predicted octanol–water partition coefficient (Wildman–Crippen LogP) is 5.60. The van der Waals surface area contributed by atoms with Crippen LogP contribution >= 0.6 is 43.5 Å². The molecular weight excluding hydrogens is 379 g/mol. The number of hydrogen-bond acceptors (Lipinski definition) is 1. The van der Waals surface area contributed by atoms with E-state index >= 15 is 0 Å². The van der Waals surface area contributed by atoms with Gasteiger partial charge in [0.05, 0.1) is 11.9 Å². The Bertz CT molecular complexity index is 540. The molecule has 0 aliphatic heterocycles. The maximum absolute atomic E-state index is 5.95. The minimum atomic E-state index is 0.120. The molecule has 0 saturated heterocycles. The Kier molecular flexibility index (Phi) is 4.71. The fourth-order valence-corrected chi connectivity index (χ4v) is 3.58. The molecule has 0 heterocycles. The normalized spacial score (nSPS) is 12.2. The van der Waals surface area contributed by atoms with Crippen LogP contribution in [0.1, 0.15) is 16.0 Å². The lowest BCUT2D eigenvalue weighted by Crippen LogP contribution is -1.94. The van der Waals surface area contributed by atoms with E-state index < -0.39 is 0 Å². The van der Waals surface area contributed by atoms with Crippen LogP contribution in [0, 0.1) is 0 Å². The van der Waals surface area contributed by atoms with E-state index in [4.69, 9.17) is 16.3 Å². The summed E-state index contributed by atoms with van der Waals surface area (Å²) in [5.74, 6) is 0.855. The Hall–Kier alpha value is -0.510. The highest BCUT2D eigenvalue weighted by atomic mass is 79.9. The second-order valence-electron chi connectivity index (χ2n) is 3.80. The van der Waals surface area contributed by atoms with E-state index in [9.17, 15) is 0 Å². The second kappa shape index (κ2) is 6.09. The summed E-state index contributed by atoms with van der Waals surface area (Å²) in [6, 6.07) is 13.8. The van der Waals surface area contributed by atoms with Gasteiger partial charge in [-0.3, -0.25) is 0 Å². The molecule has 0 amide bonds. The minimum absolute atomic E-state index is 0.120. The minimum Gasteiger partial charge on any atom is -0.497 e. The lowest BCUT2D eigenvalue weighted by molar-refractivity contribution is 0.414. The molecule has 0 aromatic heterocycles.